The topological polar surface area (TPSA) is 75.5 Å². The van der Waals surface area contributed by atoms with Crippen molar-refractivity contribution in [1.82, 2.24) is 10.2 Å². The van der Waals surface area contributed by atoms with Gasteiger partial charge in [0.2, 0.25) is 5.91 Å². The second kappa shape index (κ2) is 10.8. The summed E-state index contributed by atoms with van der Waals surface area (Å²) in [6.45, 7) is 7.45. The molecule has 0 bridgehead atoms. The molecule has 0 spiro atoms. The lowest BCUT2D eigenvalue weighted by Crippen LogP contribution is -3.00. The van der Waals surface area contributed by atoms with Gasteiger partial charge in [0.1, 0.15) is 0 Å². The maximum atomic E-state index is 11.6. The van der Waals surface area contributed by atoms with E-state index in [0.29, 0.717) is 12.1 Å². The fraction of sp³-hybridized carbons (Fsp3) is 0.400. The maximum absolute atomic E-state index is 11.6. The summed E-state index contributed by atoms with van der Waals surface area (Å²) < 4.78 is 0. The molecule has 0 heterocycles. The number of hydrogen-bond donors (Lipinski definition) is 1. The van der Waals surface area contributed by atoms with Crippen LogP contribution in [-0.4, -0.2) is 41.9 Å². The van der Waals surface area contributed by atoms with E-state index < -0.39 is 4.92 Å². The Morgan fingerprint density at radius 3 is 2.64 bits per heavy atom. The van der Waals surface area contributed by atoms with Gasteiger partial charge in [0.25, 0.3) is 5.69 Å². The average Bonchev–Trinajstić information content (AvgIpc) is 2.50. The van der Waals surface area contributed by atoms with Gasteiger partial charge in [-0.2, -0.15) is 0 Å². The van der Waals surface area contributed by atoms with Crippen LogP contribution in [0.25, 0.3) is 6.08 Å². The number of nitro groups is 1. The molecule has 1 aromatic rings. The molecule has 0 aliphatic carbocycles. The van der Waals surface area contributed by atoms with E-state index in [2.05, 4.69) is 24.1 Å². The molecule has 122 valence electrons. The van der Waals surface area contributed by atoms with Crippen molar-refractivity contribution in [2.24, 2.45) is 0 Å². The molecule has 0 aromatic heterocycles. The Hall–Kier alpha value is -1.92. The van der Waals surface area contributed by atoms with Gasteiger partial charge in [-0.05, 0) is 24.7 Å². The largest absolute Gasteiger partial charge is 1.00 e. The van der Waals surface area contributed by atoms with Crippen LogP contribution in [0.2, 0.25) is 0 Å². The Kier molecular flexibility index (Phi) is 9.82. The van der Waals surface area contributed by atoms with Crippen molar-refractivity contribution in [2.45, 2.75) is 13.8 Å². The van der Waals surface area contributed by atoms with Gasteiger partial charge in [0.05, 0.1) is 4.92 Å². The predicted octanol–water partition coefficient (Wildman–Crippen LogP) is -0.930. The van der Waals surface area contributed by atoms with E-state index in [-0.39, 0.29) is 24.0 Å². The molecule has 7 heteroatoms. The van der Waals surface area contributed by atoms with Crippen LogP contribution in [0, 0.1) is 10.1 Å². The van der Waals surface area contributed by atoms with E-state index in [1.807, 2.05) is 0 Å². The highest BCUT2D eigenvalue weighted by molar-refractivity contribution is 5.91. The van der Waals surface area contributed by atoms with Crippen LogP contribution in [0.3, 0.4) is 0 Å². The molecule has 1 amide bonds. The summed E-state index contributed by atoms with van der Waals surface area (Å²) in [5.41, 5.74) is 0.641. The van der Waals surface area contributed by atoms with E-state index in [0.717, 1.165) is 19.6 Å². The maximum Gasteiger partial charge on any atom is 0.270 e. The lowest BCUT2D eigenvalue weighted by Gasteiger charge is -2.17. The molecule has 0 saturated carbocycles. The number of nitrogens with one attached hydrogen (secondary N) is 1. The second-order valence-corrected chi connectivity index (χ2v) is 4.50. The first-order valence-corrected chi connectivity index (χ1v) is 6.99. The zero-order chi connectivity index (χ0) is 15.7. The van der Waals surface area contributed by atoms with Crippen LogP contribution in [0.1, 0.15) is 19.4 Å². The quantitative estimate of drug-likeness (QED) is 0.380. The SMILES string of the molecule is CCN(CC)CCNC(=O)/C=C/c1cccc([N+](=O)[O-])c1.[Cl-]. The van der Waals surface area contributed by atoms with E-state index in [1.54, 1.807) is 18.2 Å². The van der Waals surface area contributed by atoms with Crippen LogP contribution >= 0.6 is 0 Å². The number of carbonyl (C=O) groups excluding carboxylic acids is 1. The molecular formula is C15H21ClN3O3-. The van der Waals surface area contributed by atoms with E-state index in [1.165, 1.54) is 18.2 Å². The zero-order valence-electron chi connectivity index (χ0n) is 12.8. The number of likely N-dealkylation sites (N-methyl/N-ethyl adjacent to an activating group) is 1. The van der Waals surface area contributed by atoms with Gasteiger partial charge in [-0.25, -0.2) is 0 Å². The lowest BCUT2D eigenvalue weighted by atomic mass is 10.2. The van der Waals surface area contributed by atoms with E-state index in [4.69, 9.17) is 0 Å². The minimum absolute atomic E-state index is 0. The first-order valence-electron chi connectivity index (χ1n) is 6.99. The van der Waals surface area contributed by atoms with E-state index in [9.17, 15) is 14.9 Å². The Morgan fingerprint density at radius 2 is 2.05 bits per heavy atom. The molecule has 0 aliphatic heterocycles. The first-order chi connectivity index (χ1) is 10.1. The summed E-state index contributed by atoms with van der Waals surface area (Å²) in [6, 6.07) is 6.16. The van der Waals surface area contributed by atoms with Gasteiger partial charge in [0.15, 0.2) is 0 Å². The number of halogens is 1. The van der Waals surface area contributed by atoms with Gasteiger partial charge in [0, 0.05) is 31.3 Å². The molecule has 1 N–H and O–H groups in total. The van der Waals surface area contributed by atoms with Gasteiger partial charge >= 0.3 is 0 Å². The number of amides is 1. The zero-order valence-corrected chi connectivity index (χ0v) is 13.5. The third-order valence-corrected chi connectivity index (χ3v) is 3.13. The monoisotopic (exact) mass is 326 g/mol. The molecule has 1 aromatic carbocycles. The molecular weight excluding hydrogens is 306 g/mol. The fourth-order valence-electron chi connectivity index (χ4n) is 1.85. The van der Waals surface area contributed by atoms with Crippen molar-refractivity contribution >= 4 is 17.7 Å². The average molecular weight is 327 g/mol. The van der Waals surface area contributed by atoms with Gasteiger partial charge < -0.3 is 22.6 Å². The number of benzene rings is 1. The van der Waals surface area contributed by atoms with Crippen molar-refractivity contribution in [3.05, 3.63) is 46.0 Å². The Balaban J connectivity index is 0.00000441. The first kappa shape index (κ1) is 20.1. The minimum atomic E-state index is -0.457. The number of carbonyl (C=O) groups is 1. The molecule has 22 heavy (non-hydrogen) atoms. The van der Waals surface area contributed by atoms with Crippen molar-refractivity contribution in [3.8, 4) is 0 Å². The van der Waals surface area contributed by atoms with Crippen LogP contribution in [-0.2, 0) is 4.79 Å². The summed E-state index contributed by atoms with van der Waals surface area (Å²) in [5.74, 6) is -0.200. The highest BCUT2D eigenvalue weighted by Gasteiger charge is 2.04. The second-order valence-electron chi connectivity index (χ2n) is 4.50. The summed E-state index contributed by atoms with van der Waals surface area (Å²) in [6.07, 6.45) is 2.96. The number of non-ortho nitro benzene ring substituents is 1. The number of nitro benzene ring substituents is 1. The molecule has 0 saturated heterocycles. The van der Waals surface area contributed by atoms with Crippen molar-refractivity contribution < 1.29 is 22.1 Å². The molecule has 6 nitrogen and oxygen atoms in total. The fourth-order valence-corrected chi connectivity index (χ4v) is 1.85. The van der Waals surface area contributed by atoms with Crippen LogP contribution in [0.4, 0.5) is 5.69 Å². The highest BCUT2D eigenvalue weighted by atomic mass is 35.5. The third-order valence-electron chi connectivity index (χ3n) is 3.13. The molecule has 0 unspecified atom stereocenters. The summed E-state index contributed by atoms with van der Waals surface area (Å²) in [7, 11) is 0. The smallest absolute Gasteiger partial charge is 0.270 e. The molecule has 0 radical (unpaired) electrons. The molecule has 0 fully saturated rings. The highest BCUT2D eigenvalue weighted by Crippen LogP contribution is 2.13. The molecule has 0 atom stereocenters. The number of rotatable bonds is 8. The molecule has 0 aliphatic rings. The van der Waals surface area contributed by atoms with Crippen LogP contribution < -0.4 is 17.7 Å². The van der Waals surface area contributed by atoms with Crippen LogP contribution in [0.15, 0.2) is 30.3 Å². The molecule has 1 rings (SSSR count). The Labute approximate surface area is 136 Å². The number of nitrogens with zero attached hydrogens (tertiary/aromatic N) is 2. The summed E-state index contributed by atoms with van der Waals surface area (Å²) in [4.78, 5) is 24.0. The van der Waals surface area contributed by atoms with Crippen molar-refractivity contribution in [3.63, 3.8) is 0 Å². The van der Waals surface area contributed by atoms with Gasteiger partial charge in [-0.3, -0.25) is 14.9 Å². The third kappa shape index (κ3) is 7.19. The summed E-state index contributed by atoms with van der Waals surface area (Å²) in [5, 5.41) is 13.4. The normalized spacial score (nSPS) is 10.5. The number of hydrogen-bond acceptors (Lipinski definition) is 4. The summed E-state index contributed by atoms with van der Waals surface area (Å²) >= 11 is 0. The minimum Gasteiger partial charge on any atom is -1.00 e. The van der Waals surface area contributed by atoms with Gasteiger partial charge in [-0.15, -0.1) is 0 Å². The Bertz CT molecular complexity index is 517. The van der Waals surface area contributed by atoms with Crippen molar-refractivity contribution in [2.75, 3.05) is 26.2 Å². The van der Waals surface area contributed by atoms with E-state index >= 15 is 0 Å². The van der Waals surface area contributed by atoms with Crippen LogP contribution in [0.5, 0.6) is 0 Å². The standard InChI is InChI=1S/C15H21N3O3.ClH/c1-3-17(4-2)11-10-16-15(19)9-8-13-6-5-7-14(12-13)18(20)21;/h5-9,12H,3-4,10-11H2,1-2H3,(H,16,19);1H/p-1/b9-8+;. The lowest BCUT2D eigenvalue weighted by molar-refractivity contribution is -0.384. The Morgan fingerprint density at radius 1 is 1.36 bits per heavy atom. The predicted molar refractivity (Wildman–Crippen MR) is 82.9 cm³/mol. The van der Waals surface area contributed by atoms with Gasteiger partial charge in [-0.1, -0.05) is 26.0 Å². The van der Waals surface area contributed by atoms with Crippen molar-refractivity contribution in [1.29, 1.82) is 0 Å².